The number of nitrogens with zero attached hydrogens (tertiary/aromatic N) is 1. The van der Waals surface area contributed by atoms with Crippen molar-refractivity contribution in [3.63, 3.8) is 0 Å². The summed E-state index contributed by atoms with van der Waals surface area (Å²) in [5, 5.41) is 10.4. The van der Waals surface area contributed by atoms with Crippen LogP contribution in [0.15, 0.2) is 69.5 Å². The first-order valence-corrected chi connectivity index (χ1v) is 12.2. The van der Waals surface area contributed by atoms with Crippen LogP contribution in [0.4, 0.5) is 0 Å². The average molecular weight is 508 g/mol. The van der Waals surface area contributed by atoms with Gasteiger partial charge in [-0.25, -0.2) is 0 Å². The summed E-state index contributed by atoms with van der Waals surface area (Å²) >= 11 is 3.42. The highest BCUT2D eigenvalue weighted by Crippen LogP contribution is 2.51. The molecule has 6 heteroatoms. The SMILES string of the molecule is COc1cc(C2C3=C(CCCC3=O)N(Cc3ccccc3)C3=C2C(=O)CCC3)cc(Br)c1O. The molecular formula is C27H26BrNO4. The molecule has 0 atom stereocenters. The molecule has 170 valence electrons. The number of ketones is 2. The zero-order valence-corrected chi connectivity index (χ0v) is 20.2. The Bertz CT molecular complexity index is 1150. The van der Waals surface area contributed by atoms with Crippen LogP contribution in [0.3, 0.4) is 0 Å². The van der Waals surface area contributed by atoms with E-state index >= 15 is 0 Å². The van der Waals surface area contributed by atoms with Crippen molar-refractivity contribution in [3.05, 3.63) is 80.6 Å². The summed E-state index contributed by atoms with van der Waals surface area (Å²) in [5.41, 5.74) is 5.48. The highest BCUT2D eigenvalue weighted by Gasteiger charge is 2.43. The first-order chi connectivity index (χ1) is 16.0. The van der Waals surface area contributed by atoms with E-state index in [4.69, 9.17) is 4.74 Å². The molecule has 1 heterocycles. The predicted molar refractivity (Wildman–Crippen MR) is 129 cm³/mol. The van der Waals surface area contributed by atoms with Gasteiger partial charge < -0.3 is 14.7 Å². The molecule has 0 fully saturated rings. The van der Waals surface area contributed by atoms with E-state index in [0.29, 0.717) is 29.6 Å². The Labute approximate surface area is 201 Å². The number of allylic oxidation sites excluding steroid dienone is 4. The minimum atomic E-state index is -0.437. The Hall–Kier alpha value is -2.86. The molecule has 0 unspecified atom stereocenters. The molecule has 5 rings (SSSR count). The minimum absolute atomic E-state index is 0.0103. The van der Waals surface area contributed by atoms with Gasteiger partial charge in [0.15, 0.2) is 23.1 Å². The van der Waals surface area contributed by atoms with Crippen LogP contribution >= 0.6 is 15.9 Å². The molecule has 0 saturated heterocycles. The van der Waals surface area contributed by atoms with Crippen molar-refractivity contribution >= 4 is 27.5 Å². The number of aromatic hydroxyl groups is 1. The lowest BCUT2D eigenvalue weighted by Gasteiger charge is -2.44. The highest BCUT2D eigenvalue weighted by molar-refractivity contribution is 9.10. The first kappa shape index (κ1) is 22.0. The third-order valence-corrected chi connectivity index (χ3v) is 7.48. The van der Waals surface area contributed by atoms with Crippen molar-refractivity contribution in [1.29, 1.82) is 0 Å². The molecule has 0 aromatic heterocycles. The van der Waals surface area contributed by atoms with Crippen LogP contribution in [-0.4, -0.2) is 28.7 Å². The molecule has 5 nitrogen and oxygen atoms in total. The van der Waals surface area contributed by atoms with Crippen LogP contribution in [0, 0.1) is 0 Å². The number of carbonyl (C=O) groups excluding carboxylic acids is 2. The van der Waals surface area contributed by atoms with Crippen molar-refractivity contribution in [2.45, 2.75) is 51.0 Å². The maximum atomic E-state index is 13.4. The monoisotopic (exact) mass is 507 g/mol. The van der Waals surface area contributed by atoms with E-state index in [-0.39, 0.29) is 17.3 Å². The first-order valence-electron chi connectivity index (χ1n) is 11.4. The second-order valence-corrected chi connectivity index (χ2v) is 9.69. The third kappa shape index (κ3) is 3.80. The number of halogens is 1. The number of hydrogen-bond acceptors (Lipinski definition) is 5. The topological polar surface area (TPSA) is 66.8 Å². The van der Waals surface area contributed by atoms with E-state index in [9.17, 15) is 14.7 Å². The fourth-order valence-electron chi connectivity index (χ4n) is 5.42. The van der Waals surface area contributed by atoms with E-state index in [1.807, 2.05) is 24.3 Å². The van der Waals surface area contributed by atoms with Gasteiger partial charge in [-0.05, 0) is 64.9 Å². The number of ether oxygens (including phenoxy) is 1. The maximum absolute atomic E-state index is 13.4. The number of carbonyl (C=O) groups is 2. The number of phenols is 1. The average Bonchev–Trinajstić information content (AvgIpc) is 2.82. The van der Waals surface area contributed by atoms with Gasteiger partial charge in [-0.15, -0.1) is 0 Å². The van der Waals surface area contributed by atoms with Crippen LogP contribution in [0.25, 0.3) is 0 Å². The molecule has 0 bridgehead atoms. The molecular weight excluding hydrogens is 482 g/mol. The molecule has 2 aromatic carbocycles. The van der Waals surface area contributed by atoms with Crippen molar-refractivity contribution in [3.8, 4) is 11.5 Å². The molecule has 0 saturated carbocycles. The Kier molecular flexibility index (Phi) is 5.87. The minimum Gasteiger partial charge on any atom is -0.503 e. The van der Waals surface area contributed by atoms with Gasteiger partial charge in [-0.2, -0.15) is 0 Å². The van der Waals surface area contributed by atoms with Crippen LogP contribution < -0.4 is 4.74 Å². The second-order valence-electron chi connectivity index (χ2n) is 8.83. The summed E-state index contributed by atoms with van der Waals surface area (Å²) in [6, 6.07) is 13.8. The van der Waals surface area contributed by atoms with Crippen LogP contribution in [0.1, 0.15) is 55.6 Å². The smallest absolute Gasteiger partial charge is 0.172 e. The molecule has 0 radical (unpaired) electrons. The van der Waals surface area contributed by atoms with Crippen LogP contribution in [0.2, 0.25) is 0 Å². The van der Waals surface area contributed by atoms with Crippen LogP contribution in [-0.2, 0) is 16.1 Å². The van der Waals surface area contributed by atoms with Gasteiger partial charge in [0, 0.05) is 47.8 Å². The Morgan fingerprint density at radius 2 is 1.58 bits per heavy atom. The van der Waals surface area contributed by atoms with Gasteiger partial charge in [-0.3, -0.25) is 9.59 Å². The molecule has 2 aromatic rings. The van der Waals surface area contributed by atoms with Gasteiger partial charge in [0.2, 0.25) is 0 Å². The second kappa shape index (κ2) is 8.82. The van der Waals surface area contributed by atoms with E-state index in [1.165, 1.54) is 7.11 Å². The van der Waals surface area contributed by atoms with Crippen molar-refractivity contribution in [2.75, 3.05) is 7.11 Å². The summed E-state index contributed by atoms with van der Waals surface area (Å²) in [5.74, 6) is 0.103. The Morgan fingerprint density at radius 3 is 2.15 bits per heavy atom. The summed E-state index contributed by atoms with van der Waals surface area (Å²) in [7, 11) is 1.50. The summed E-state index contributed by atoms with van der Waals surface area (Å²) < 4.78 is 5.88. The van der Waals surface area contributed by atoms with Crippen molar-refractivity contribution in [1.82, 2.24) is 4.90 Å². The highest BCUT2D eigenvalue weighted by atomic mass is 79.9. The van der Waals surface area contributed by atoms with Crippen LogP contribution in [0.5, 0.6) is 11.5 Å². The van der Waals surface area contributed by atoms with E-state index in [1.54, 1.807) is 6.07 Å². The number of rotatable bonds is 4. The summed E-state index contributed by atoms with van der Waals surface area (Å²) in [6.07, 6.45) is 4.23. The predicted octanol–water partition coefficient (Wildman–Crippen LogP) is 5.78. The van der Waals surface area contributed by atoms with Gasteiger partial charge in [0.05, 0.1) is 11.6 Å². The summed E-state index contributed by atoms with van der Waals surface area (Å²) in [4.78, 5) is 29.0. The van der Waals surface area contributed by atoms with Crippen molar-refractivity contribution in [2.24, 2.45) is 0 Å². The normalized spacial score (nSPS) is 19.0. The lowest BCUT2D eigenvalue weighted by Crippen LogP contribution is -2.38. The fraction of sp³-hybridized carbons (Fsp3) is 0.333. The molecule has 0 amide bonds. The molecule has 2 aliphatic carbocycles. The zero-order valence-electron chi connectivity index (χ0n) is 18.6. The van der Waals surface area contributed by atoms with E-state index in [2.05, 4.69) is 33.0 Å². The molecule has 1 aliphatic heterocycles. The number of phenolic OH excluding ortho intramolecular Hbond substituents is 1. The van der Waals surface area contributed by atoms with Crippen molar-refractivity contribution < 1.29 is 19.4 Å². The lowest BCUT2D eigenvalue weighted by atomic mass is 9.71. The molecule has 0 spiro atoms. The number of methoxy groups -OCH3 is 1. The molecule has 33 heavy (non-hydrogen) atoms. The Balaban J connectivity index is 1.73. The zero-order chi connectivity index (χ0) is 23.1. The lowest BCUT2D eigenvalue weighted by molar-refractivity contribution is -0.117. The fourth-order valence-corrected chi connectivity index (χ4v) is 5.88. The van der Waals surface area contributed by atoms with Gasteiger partial charge in [-0.1, -0.05) is 30.3 Å². The number of hydrogen-bond donors (Lipinski definition) is 1. The Morgan fingerprint density at radius 1 is 0.970 bits per heavy atom. The van der Waals surface area contributed by atoms with Gasteiger partial charge >= 0.3 is 0 Å². The quantitative estimate of drug-likeness (QED) is 0.568. The number of Topliss-reactive ketones (excluding diaryl/α,β-unsaturated/α-hetero) is 2. The standard InChI is InChI=1S/C27H26BrNO4/c1-33-23-14-17(13-18(28)27(23)32)24-25-19(9-5-11-21(25)30)29(15-16-7-3-2-4-8-16)20-10-6-12-22(31)26(20)24/h2-4,7-8,13-14,24,32H,5-6,9-12,15H2,1H3. The van der Waals surface area contributed by atoms with Gasteiger partial charge in [0.25, 0.3) is 0 Å². The van der Waals surface area contributed by atoms with E-state index < -0.39 is 5.92 Å². The van der Waals surface area contributed by atoms with Gasteiger partial charge in [0.1, 0.15) is 0 Å². The molecule has 3 aliphatic rings. The largest absolute Gasteiger partial charge is 0.503 e. The molecule has 1 N–H and O–H groups in total. The third-order valence-electron chi connectivity index (χ3n) is 6.87. The van der Waals surface area contributed by atoms with E-state index in [0.717, 1.165) is 59.4 Å². The number of benzene rings is 2. The summed E-state index contributed by atoms with van der Waals surface area (Å²) in [6.45, 7) is 0.647. The maximum Gasteiger partial charge on any atom is 0.172 e.